The second-order valence-corrected chi connectivity index (χ2v) is 19.0. The zero-order chi connectivity index (χ0) is 43.1. The Bertz CT molecular complexity index is 3180. The first-order valence-electron chi connectivity index (χ1n) is 22.4. The smallest absolute Gasteiger partial charge is 0.0561 e. The second kappa shape index (κ2) is 14.7. The zero-order valence-corrected chi connectivity index (χ0v) is 37.3. The summed E-state index contributed by atoms with van der Waals surface area (Å²) in [6, 6.07) is 66.8. The fraction of sp³-hybridized carbons (Fsp3) is 0.148. The highest BCUT2D eigenvalue weighted by Gasteiger charge is 2.28. The summed E-state index contributed by atoms with van der Waals surface area (Å²) in [4.78, 5) is 5.14. The summed E-state index contributed by atoms with van der Waals surface area (Å²) in [5, 5.41) is 7.63. The van der Waals surface area contributed by atoms with Crippen LogP contribution < -0.4 is 9.80 Å². The third kappa shape index (κ3) is 6.73. The maximum Gasteiger partial charge on any atom is 0.0561 e. The summed E-state index contributed by atoms with van der Waals surface area (Å²) in [6.07, 6.45) is 0.822. The van der Waals surface area contributed by atoms with Crippen molar-refractivity contribution in [3.8, 4) is 22.3 Å². The van der Waals surface area contributed by atoms with Crippen LogP contribution in [-0.2, 0) is 11.8 Å². The average Bonchev–Trinajstić information content (AvgIpc) is 3.27. The molecule has 0 saturated carbocycles. The SMILES string of the molecule is Cc1cc2cc(c1)N(c1cc(-c3ccccc3)ccc1C)c1cc(c3ccc4cc(C(C)(C)C)cc5ccc1c3c54)N(c1cc(-c3ccccc3)ccc1C)c1cc(C)cc(c1)C2. The lowest BCUT2D eigenvalue weighted by Crippen LogP contribution is -2.17. The van der Waals surface area contributed by atoms with Gasteiger partial charge in [-0.15, -0.1) is 0 Å². The maximum atomic E-state index is 2.57. The molecule has 0 saturated heterocycles. The standard InChI is InChI=1S/C61H52N2/c1-38-26-42-30-43-27-39(2)29-52(32-43)63(56-36-47(21-19-41(56)4)45-16-12-9-13-17-45)58-37-57(53-24-22-48-33-50(61(5,6)7)34-49-23-25-54(58)60(53)59(48)49)62(51(28-38)31-42)55-35-46(20-18-40(55)3)44-14-10-8-11-15-44/h8-29,31-37H,30H2,1-7H3. The minimum absolute atomic E-state index is 0.0104. The first-order valence-corrected chi connectivity index (χ1v) is 22.4. The fourth-order valence-electron chi connectivity index (χ4n) is 10.2. The Morgan fingerprint density at radius 1 is 0.381 bits per heavy atom. The van der Waals surface area contributed by atoms with E-state index in [1.165, 1.54) is 105 Å². The largest absolute Gasteiger partial charge is 0.309 e. The van der Waals surface area contributed by atoms with Gasteiger partial charge in [-0.2, -0.15) is 0 Å². The van der Waals surface area contributed by atoms with Gasteiger partial charge in [0.05, 0.1) is 11.4 Å². The molecule has 6 bridgehead atoms. The summed E-state index contributed by atoms with van der Waals surface area (Å²) < 4.78 is 0. The molecule has 10 aromatic carbocycles. The van der Waals surface area contributed by atoms with Gasteiger partial charge in [-0.25, -0.2) is 0 Å². The van der Waals surface area contributed by atoms with Gasteiger partial charge in [0.1, 0.15) is 0 Å². The van der Waals surface area contributed by atoms with Crippen LogP contribution in [0.3, 0.4) is 0 Å². The van der Waals surface area contributed by atoms with Crippen LogP contribution in [0.2, 0.25) is 0 Å². The van der Waals surface area contributed by atoms with Gasteiger partial charge < -0.3 is 9.80 Å². The zero-order valence-electron chi connectivity index (χ0n) is 37.3. The van der Waals surface area contributed by atoms with E-state index >= 15 is 0 Å². The molecule has 11 rings (SSSR count). The van der Waals surface area contributed by atoms with E-state index in [0.29, 0.717) is 0 Å². The molecule has 2 nitrogen and oxygen atoms in total. The van der Waals surface area contributed by atoms with E-state index in [1.54, 1.807) is 0 Å². The van der Waals surface area contributed by atoms with Gasteiger partial charge >= 0.3 is 0 Å². The molecular formula is C61H52N2. The van der Waals surface area contributed by atoms with Crippen molar-refractivity contribution in [2.45, 2.75) is 60.3 Å². The van der Waals surface area contributed by atoms with E-state index in [9.17, 15) is 0 Å². The number of anilines is 6. The van der Waals surface area contributed by atoms with Crippen LogP contribution in [0.25, 0.3) is 54.6 Å². The first kappa shape index (κ1) is 38.7. The highest BCUT2D eigenvalue weighted by Crippen LogP contribution is 2.52. The minimum Gasteiger partial charge on any atom is -0.309 e. The van der Waals surface area contributed by atoms with Gasteiger partial charge in [0.15, 0.2) is 0 Å². The summed E-state index contributed by atoms with van der Waals surface area (Å²) in [5.41, 5.74) is 20.7. The van der Waals surface area contributed by atoms with E-state index in [2.05, 4.69) is 234 Å². The normalized spacial score (nSPS) is 12.9. The molecule has 0 atom stereocenters. The van der Waals surface area contributed by atoms with Gasteiger partial charge in [0, 0.05) is 38.9 Å². The van der Waals surface area contributed by atoms with Gasteiger partial charge in [0.2, 0.25) is 0 Å². The van der Waals surface area contributed by atoms with Crippen molar-refractivity contribution in [1.29, 1.82) is 0 Å². The minimum atomic E-state index is 0.0104. The monoisotopic (exact) mass is 812 g/mol. The van der Waals surface area contributed by atoms with Crippen molar-refractivity contribution < 1.29 is 0 Å². The van der Waals surface area contributed by atoms with Crippen molar-refractivity contribution in [3.63, 3.8) is 0 Å². The molecule has 2 heteroatoms. The molecule has 0 aromatic heterocycles. The third-order valence-corrected chi connectivity index (χ3v) is 13.3. The van der Waals surface area contributed by atoms with Crippen LogP contribution in [-0.4, -0.2) is 0 Å². The van der Waals surface area contributed by atoms with E-state index in [1.807, 2.05) is 0 Å². The Morgan fingerprint density at radius 2 is 0.841 bits per heavy atom. The maximum absolute atomic E-state index is 2.57. The number of benzene rings is 10. The third-order valence-electron chi connectivity index (χ3n) is 13.3. The van der Waals surface area contributed by atoms with Crippen molar-refractivity contribution in [2.75, 3.05) is 9.80 Å². The fourth-order valence-corrected chi connectivity index (χ4v) is 10.2. The number of fused-ring (bicyclic) bond motifs is 8. The number of rotatable bonds is 4. The number of hydrogen-bond donors (Lipinski definition) is 0. The Balaban J connectivity index is 1.32. The molecule has 0 radical (unpaired) electrons. The summed E-state index contributed by atoms with van der Waals surface area (Å²) >= 11 is 0. The van der Waals surface area contributed by atoms with E-state index < -0.39 is 0 Å². The van der Waals surface area contributed by atoms with E-state index in [4.69, 9.17) is 0 Å². The lowest BCUT2D eigenvalue weighted by atomic mass is 9.83. The molecule has 0 amide bonds. The van der Waals surface area contributed by atoms with Crippen LogP contribution >= 0.6 is 0 Å². The Kier molecular flexibility index (Phi) is 9.07. The van der Waals surface area contributed by atoms with E-state index in [0.717, 1.165) is 29.2 Å². The number of hydrogen-bond acceptors (Lipinski definition) is 2. The number of nitrogens with zero attached hydrogens (tertiary/aromatic N) is 2. The topological polar surface area (TPSA) is 6.48 Å². The van der Waals surface area contributed by atoms with Crippen LogP contribution in [0, 0.1) is 27.7 Å². The lowest BCUT2D eigenvalue weighted by molar-refractivity contribution is 0.591. The molecule has 0 spiro atoms. The molecule has 0 unspecified atom stereocenters. The van der Waals surface area contributed by atoms with Gasteiger partial charge in [-0.1, -0.05) is 154 Å². The molecule has 0 fully saturated rings. The van der Waals surface area contributed by atoms with Gasteiger partial charge in [-0.3, -0.25) is 0 Å². The Labute approximate surface area is 372 Å². The Hall–Kier alpha value is -7.16. The van der Waals surface area contributed by atoms with Gasteiger partial charge in [0.25, 0.3) is 0 Å². The molecule has 63 heavy (non-hydrogen) atoms. The molecular weight excluding hydrogens is 761 g/mol. The molecule has 1 aliphatic heterocycles. The molecule has 0 aliphatic carbocycles. The van der Waals surface area contributed by atoms with Gasteiger partial charge in [-0.05, 0) is 159 Å². The van der Waals surface area contributed by atoms with Crippen LogP contribution in [0.4, 0.5) is 34.1 Å². The summed E-state index contributed by atoms with van der Waals surface area (Å²) in [7, 11) is 0. The predicted molar refractivity (Wildman–Crippen MR) is 271 cm³/mol. The van der Waals surface area contributed by atoms with Crippen molar-refractivity contribution in [2.24, 2.45) is 0 Å². The Morgan fingerprint density at radius 3 is 1.29 bits per heavy atom. The first-order chi connectivity index (χ1) is 30.5. The predicted octanol–water partition coefficient (Wildman–Crippen LogP) is 17.3. The van der Waals surface area contributed by atoms with Crippen LogP contribution in [0.5, 0.6) is 0 Å². The quantitative estimate of drug-likeness (QED) is 0.163. The summed E-state index contributed by atoms with van der Waals surface area (Å²) in [6.45, 7) is 16.0. The average molecular weight is 813 g/mol. The van der Waals surface area contributed by atoms with Crippen molar-refractivity contribution in [3.05, 3.63) is 215 Å². The molecule has 1 heterocycles. The van der Waals surface area contributed by atoms with E-state index in [-0.39, 0.29) is 5.41 Å². The molecule has 1 aliphatic rings. The number of aryl methyl sites for hydroxylation is 4. The highest BCUT2D eigenvalue weighted by atomic mass is 15.2. The highest BCUT2D eigenvalue weighted by molar-refractivity contribution is 6.29. The van der Waals surface area contributed by atoms with Crippen molar-refractivity contribution >= 4 is 66.4 Å². The second-order valence-electron chi connectivity index (χ2n) is 19.0. The molecule has 10 aromatic rings. The van der Waals surface area contributed by atoms with Crippen LogP contribution in [0.15, 0.2) is 176 Å². The molecule has 306 valence electrons. The lowest BCUT2D eigenvalue weighted by Gasteiger charge is -2.35. The molecule has 0 N–H and O–H groups in total. The summed E-state index contributed by atoms with van der Waals surface area (Å²) in [5.74, 6) is 0. The van der Waals surface area contributed by atoms with Crippen molar-refractivity contribution in [1.82, 2.24) is 0 Å². The van der Waals surface area contributed by atoms with Crippen LogP contribution in [0.1, 0.15) is 59.7 Å².